The van der Waals surface area contributed by atoms with Gasteiger partial charge in [-0.15, -0.1) is 0 Å². The molecule has 0 bridgehead atoms. The van der Waals surface area contributed by atoms with E-state index in [9.17, 15) is 4.79 Å². The molecule has 11 heavy (non-hydrogen) atoms. The Hall–Kier alpha value is -0.630. The average molecular weight is 153 g/mol. The van der Waals surface area contributed by atoms with E-state index in [0.29, 0.717) is 12.3 Å². The van der Waals surface area contributed by atoms with Crippen molar-refractivity contribution < 1.29 is 4.79 Å². The Kier molecular flexibility index (Phi) is 3.30. The highest BCUT2D eigenvalue weighted by Gasteiger charge is 2.12. The largest absolute Gasteiger partial charge is 0.324 e. The van der Waals surface area contributed by atoms with Gasteiger partial charge in [0.2, 0.25) is 0 Å². The summed E-state index contributed by atoms with van der Waals surface area (Å²) in [7, 11) is 0. The molecule has 1 aliphatic rings. The van der Waals surface area contributed by atoms with Gasteiger partial charge in [0.1, 0.15) is 5.78 Å². The number of ketones is 1. The molecule has 1 rings (SSSR count). The maximum absolute atomic E-state index is 10.9. The van der Waals surface area contributed by atoms with Crippen LogP contribution in [0.15, 0.2) is 12.2 Å². The van der Waals surface area contributed by atoms with Gasteiger partial charge in [0, 0.05) is 6.42 Å². The molecule has 0 spiro atoms. The second kappa shape index (κ2) is 4.29. The Morgan fingerprint density at radius 2 is 2.36 bits per heavy atom. The number of hydrogen-bond acceptors (Lipinski definition) is 2. The third-order valence-electron chi connectivity index (χ3n) is 2.12. The lowest BCUT2D eigenvalue weighted by Gasteiger charge is -2.15. The van der Waals surface area contributed by atoms with Gasteiger partial charge in [0.25, 0.3) is 0 Å². The van der Waals surface area contributed by atoms with Gasteiger partial charge in [0.15, 0.2) is 0 Å². The average Bonchev–Trinajstić information content (AvgIpc) is 2.06. The molecular formula is C9H15NO. The van der Waals surface area contributed by atoms with Crippen LogP contribution in [0.1, 0.15) is 25.7 Å². The topological polar surface area (TPSA) is 43.1 Å². The molecule has 62 valence electrons. The zero-order chi connectivity index (χ0) is 8.10. The van der Waals surface area contributed by atoms with Gasteiger partial charge in [-0.2, -0.15) is 0 Å². The Morgan fingerprint density at radius 3 is 2.91 bits per heavy atom. The standard InChI is InChI=1S/C9H15NO/c10-7-9(11)6-8-4-2-1-3-5-8/h1-2,8H,3-7,10H2. The van der Waals surface area contributed by atoms with Crippen LogP contribution in [-0.4, -0.2) is 12.3 Å². The molecule has 0 saturated heterocycles. The van der Waals surface area contributed by atoms with E-state index in [1.54, 1.807) is 0 Å². The zero-order valence-corrected chi connectivity index (χ0v) is 6.75. The lowest BCUT2D eigenvalue weighted by atomic mass is 9.90. The van der Waals surface area contributed by atoms with Crippen LogP contribution in [0.25, 0.3) is 0 Å². The van der Waals surface area contributed by atoms with Crippen molar-refractivity contribution in [3.8, 4) is 0 Å². The molecule has 0 aromatic heterocycles. The predicted molar refractivity (Wildman–Crippen MR) is 45.2 cm³/mol. The number of Topliss-reactive ketones (excluding diaryl/α,β-unsaturated/α-hetero) is 1. The first-order valence-corrected chi connectivity index (χ1v) is 4.19. The second-order valence-electron chi connectivity index (χ2n) is 3.10. The molecule has 1 aliphatic carbocycles. The summed E-state index contributed by atoms with van der Waals surface area (Å²) in [4.78, 5) is 10.9. The summed E-state index contributed by atoms with van der Waals surface area (Å²) in [5, 5.41) is 0. The van der Waals surface area contributed by atoms with Gasteiger partial charge < -0.3 is 5.73 Å². The normalized spacial score (nSPS) is 23.5. The number of hydrogen-bond donors (Lipinski definition) is 1. The monoisotopic (exact) mass is 153 g/mol. The summed E-state index contributed by atoms with van der Waals surface area (Å²) >= 11 is 0. The van der Waals surface area contributed by atoms with Gasteiger partial charge in [-0.3, -0.25) is 4.79 Å². The zero-order valence-electron chi connectivity index (χ0n) is 6.75. The fraction of sp³-hybridized carbons (Fsp3) is 0.667. The van der Waals surface area contributed by atoms with E-state index in [0.717, 1.165) is 19.3 Å². The number of allylic oxidation sites excluding steroid dienone is 2. The van der Waals surface area contributed by atoms with E-state index in [1.165, 1.54) is 0 Å². The van der Waals surface area contributed by atoms with Crippen molar-refractivity contribution in [3.05, 3.63) is 12.2 Å². The second-order valence-corrected chi connectivity index (χ2v) is 3.10. The highest BCUT2D eigenvalue weighted by Crippen LogP contribution is 2.21. The first kappa shape index (κ1) is 8.47. The molecule has 0 aromatic carbocycles. The van der Waals surface area contributed by atoms with E-state index in [1.807, 2.05) is 0 Å². The third-order valence-corrected chi connectivity index (χ3v) is 2.12. The lowest BCUT2D eigenvalue weighted by molar-refractivity contribution is -0.118. The minimum atomic E-state index is 0.199. The van der Waals surface area contributed by atoms with E-state index in [4.69, 9.17) is 5.73 Å². The molecule has 0 aromatic rings. The van der Waals surface area contributed by atoms with Crippen LogP contribution >= 0.6 is 0 Å². The summed E-state index contributed by atoms with van der Waals surface area (Å²) < 4.78 is 0. The van der Waals surface area contributed by atoms with Crippen LogP contribution in [0.4, 0.5) is 0 Å². The molecule has 1 atom stereocenters. The summed E-state index contributed by atoms with van der Waals surface area (Å²) in [6.07, 6.45) is 8.37. The quantitative estimate of drug-likeness (QED) is 0.620. The minimum absolute atomic E-state index is 0.199. The first-order valence-electron chi connectivity index (χ1n) is 4.19. The van der Waals surface area contributed by atoms with Gasteiger partial charge >= 0.3 is 0 Å². The molecule has 0 fully saturated rings. The van der Waals surface area contributed by atoms with Crippen LogP contribution in [0.3, 0.4) is 0 Å². The Bertz CT molecular complexity index is 163. The van der Waals surface area contributed by atoms with Gasteiger partial charge in [-0.25, -0.2) is 0 Å². The molecule has 0 saturated carbocycles. The van der Waals surface area contributed by atoms with Gasteiger partial charge in [-0.1, -0.05) is 12.2 Å². The highest BCUT2D eigenvalue weighted by atomic mass is 16.1. The van der Waals surface area contributed by atoms with Crippen LogP contribution in [0, 0.1) is 5.92 Å². The molecule has 1 unspecified atom stereocenters. The Morgan fingerprint density at radius 1 is 1.55 bits per heavy atom. The van der Waals surface area contributed by atoms with Crippen LogP contribution in [0.2, 0.25) is 0 Å². The molecule has 2 N–H and O–H groups in total. The van der Waals surface area contributed by atoms with E-state index < -0.39 is 0 Å². The summed E-state index contributed by atoms with van der Waals surface area (Å²) in [5.74, 6) is 0.765. The summed E-state index contributed by atoms with van der Waals surface area (Å²) in [6, 6.07) is 0. The van der Waals surface area contributed by atoms with Crippen LogP contribution in [0.5, 0.6) is 0 Å². The third kappa shape index (κ3) is 2.85. The number of rotatable bonds is 3. The van der Waals surface area contributed by atoms with Crippen molar-refractivity contribution in [2.45, 2.75) is 25.7 Å². The minimum Gasteiger partial charge on any atom is -0.324 e. The maximum atomic E-state index is 10.9. The molecule has 0 heterocycles. The first-order chi connectivity index (χ1) is 5.33. The molecule has 0 amide bonds. The fourth-order valence-electron chi connectivity index (χ4n) is 1.45. The SMILES string of the molecule is NCC(=O)CC1CC=CCC1. The van der Waals surface area contributed by atoms with Crippen molar-refractivity contribution in [3.63, 3.8) is 0 Å². The molecular weight excluding hydrogens is 138 g/mol. The van der Waals surface area contributed by atoms with E-state index >= 15 is 0 Å². The highest BCUT2D eigenvalue weighted by molar-refractivity contribution is 5.80. The van der Waals surface area contributed by atoms with Crippen molar-refractivity contribution >= 4 is 5.78 Å². The fourth-order valence-corrected chi connectivity index (χ4v) is 1.45. The van der Waals surface area contributed by atoms with E-state index in [2.05, 4.69) is 12.2 Å². The summed E-state index contributed by atoms with van der Waals surface area (Å²) in [5.41, 5.74) is 5.22. The molecule has 0 radical (unpaired) electrons. The van der Waals surface area contributed by atoms with E-state index in [-0.39, 0.29) is 12.3 Å². The van der Waals surface area contributed by atoms with Crippen molar-refractivity contribution in [2.24, 2.45) is 11.7 Å². The van der Waals surface area contributed by atoms with Crippen molar-refractivity contribution in [1.29, 1.82) is 0 Å². The van der Waals surface area contributed by atoms with Crippen LogP contribution < -0.4 is 5.73 Å². The van der Waals surface area contributed by atoms with Gasteiger partial charge in [0.05, 0.1) is 6.54 Å². The smallest absolute Gasteiger partial charge is 0.146 e. The van der Waals surface area contributed by atoms with Crippen molar-refractivity contribution in [2.75, 3.05) is 6.54 Å². The van der Waals surface area contributed by atoms with Crippen LogP contribution in [-0.2, 0) is 4.79 Å². The molecule has 2 heteroatoms. The molecule has 2 nitrogen and oxygen atoms in total. The molecule has 0 aliphatic heterocycles. The maximum Gasteiger partial charge on any atom is 0.146 e. The lowest BCUT2D eigenvalue weighted by Crippen LogP contribution is -2.17. The number of carbonyl (C=O) groups is 1. The number of nitrogens with two attached hydrogens (primary N) is 1. The van der Waals surface area contributed by atoms with Gasteiger partial charge in [-0.05, 0) is 25.2 Å². The number of carbonyl (C=O) groups excluding carboxylic acids is 1. The Labute approximate surface area is 67.5 Å². The Balaban J connectivity index is 2.26. The summed E-state index contributed by atoms with van der Waals surface area (Å²) in [6.45, 7) is 0.209. The van der Waals surface area contributed by atoms with Crippen molar-refractivity contribution in [1.82, 2.24) is 0 Å². The predicted octanol–water partition coefficient (Wildman–Crippen LogP) is 1.26.